The minimum Gasteiger partial charge on any atom is -0.481 e. The summed E-state index contributed by atoms with van der Waals surface area (Å²) in [4.78, 5) is 2.12. The molecule has 0 radical (unpaired) electrons. The highest BCUT2D eigenvalue weighted by Crippen LogP contribution is 2.15. The maximum atomic E-state index is 5.55. The third kappa shape index (κ3) is 5.17. The Kier molecular flexibility index (Phi) is 5.71. The molecule has 0 heterocycles. The molecule has 0 spiro atoms. The molecule has 2 aromatic carbocycles. The van der Waals surface area contributed by atoms with Crippen molar-refractivity contribution in [2.24, 2.45) is 0 Å². The zero-order valence-electron chi connectivity index (χ0n) is 12.3. The van der Waals surface area contributed by atoms with Gasteiger partial charge in [-0.25, -0.2) is 0 Å². The fraction of sp³-hybridized carbons (Fsp3) is 0.222. The van der Waals surface area contributed by atoms with E-state index in [9.17, 15) is 0 Å². The molecule has 0 unspecified atom stereocenters. The molecule has 3 heteroatoms. The summed E-state index contributed by atoms with van der Waals surface area (Å²) in [6, 6.07) is 16.2. The van der Waals surface area contributed by atoms with E-state index in [1.165, 1.54) is 11.3 Å². The summed E-state index contributed by atoms with van der Waals surface area (Å²) in [5.41, 5.74) is 2.44. The Labute approximate surface area is 134 Å². The Bertz CT molecular complexity index is 623. The Hall–Kier alpha value is -1.92. The van der Waals surface area contributed by atoms with E-state index in [0.717, 1.165) is 10.2 Å². The van der Waals surface area contributed by atoms with Crippen molar-refractivity contribution < 1.29 is 4.74 Å². The van der Waals surface area contributed by atoms with Gasteiger partial charge in [-0.15, -0.1) is 0 Å². The molecule has 0 aromatic heterocycles. The molecule has 2 nitrogen and oxygen atoms in total. The van der Waals surface area contributed by atoms with Crippen LogP contribution in [-0.4, -0.2) is 20.2 Å². The molecule has 0 fully saturated rings. The number of hydrogen-bond donors (Lipinski definition) is 0. The number of hydrogen-bond acceptors (Lipinski definition) is 2. The second-order valence-electron chi connectivity index (χ2n) is 4.79. The third-order valence-corrected chi connectivity index (χ3v) is 3.57. The van der Waals surface area contributed by atoms with Gasteiger partial charge in [-0.2, -0.15) is 0 Å². The molecule has 21 heavy (non-hydrogen) atoms. The van der Waals surface area contributed by atoms with Crippen LogP contribution in [0, 0.1) is 18.8 Å². The van der Waals surface area contributed by atoms with E-state index < -0.39 is 0 Å². The van der Waals surface area contributed by atoms with Crippen LogP contribution in [0.5, 0.6) is 5.75 Å². The molecule has 0 aliphatic carbocycles. The fourth-order valence-corrected chi connectivity index (χ4v) is 2.03. The monoisotopic (exact) mass is 343 g/mol. The Morgan fingerprint density at radius 1 is 1.00 bits per heavy atom. The molecule has 2 aromatic rings. The molecule has 0 aliphatic heterocycles. The van der Waals surface area contributed by atoms with Gasteiger partial charge in [-0.05, 0) is 43.3 Å². The summed E-state index contributed by atoms with van der Waals surface area (Å²) in [6.45, 7) is 3.18. The van der Waals surface area contributed by atoms with Crippen LogP contribution >= 0.6 is 15.9 Å². The van der Waals surface area contributed by atoms with Gasteiger partial charge in [0.25, 0.3) is 0 Å². The Morgan fingerprint density at radius 3 is 2.33 bits per heavy atom. The third-order valence-electron chi connectivity index (χ3n) is 3.04. The fourth-order valence-electron chi connectivity index (χ4n) is 1.77. The number of aryl methyl sites for hydroxylation is 1. The van der Waals surface area contributed by atoms with Gasteiger partial charge in [-0.1, -0.05) is 45.5 Å². The quantitative estimate of drug-likeness (QED) is 0.768. The maximum Gasteiger partial charge on any atom is 0.149 e. The molecule has 0 aliphatic rings. The lowest BCUT2D eigenvalue weighted by atomic mass is 10.2. The predicted octanol–water partition coefficient (Wildman–Crippen LogP) is 4.28. The number of ether oxygens (including phenoxy) is 1. The van der Waals surface area contributed by atoms with Crippen LogP contribution in [0.2, 0.25) is 0 Å². The lowest BCUT2D eigenvalue weighted by Crippen LogP contribution is -2.17. The molecule has 0 bridgehead atoms. The van der Waals surface area contributed by atoms with Gasteiger partial charge in [0.1, 0.15) is 12.4 Å². The van der Waals surface area contributed by atoms with E-state index in [1.807, 2.05) is 31.3 Å². The zero-order valence-corrected chi connectivity index (χ0v) is 13.9. The average Bonchev–Trinajstić information content (AvgIpc) is 2.49. The number of nitrogens with zero attached hydrogens (tertiary/aromatic N) is 1. The number of rotatable bonds is 4. The van der Waals surface area contributed by atoms with Crippen LogP contribution in [0.1, 0.15) is 5.56 Å². The first kappa shape index (κ1) is 15.5. The number of benzene rings is 2. The highest BCUT2D eigenvalue weighted by molar-refractivity contribution is 9.10. The smallest absolute Gasteiger partial charge is 0.149 e. The van der Waals surface area contributed by atoms with E-state index in [0.29, 0.717) is 13.2 Å². The first-order valence-corrected chi connectivity index (χ1v) is 7.56. The van der Waals surface area contributed by atoms with Crippen molar-refractivity contribution in [3.63, 3.8) is 0 Å². The van der Waals surface area contributed by atoms with Crippen LogP contribution in [0.4, 0.5) is 5.69 Å². The largest absolute Gasteiger partial charge is 0.481 e. The molecular formula is C18H18BrNO. The van der Waals surface area contributed by atoms with Gasteiger partial charge in [0.05, 0.1) is 6.54 Å². The molecule has 0 atom stereocenters. The molecule has 0 saturated heterocycles. The Balaban J connectivity index is 1.78. The normalized spacial score (nSPS) is 9.67. The highest BCUT2D eigenvalue weighted by atomic mass is 79.9. The minimum absolute atomic E-state index is 0.406. The van der Waals surface area contributed by atoms with E-state index >= 15 is 0 Å². The van der Waals surface area contributed by atoms with Gasteiger partial charge in [0.15, 0.2) is 0 Å². The van der Waals surface area contributed by atoms with Crippen molar-refractivity contribution in [3.05, 3.63) is 58.6 Å². The lowest BCUT2D eigenvalue weighted by Gasteiger charge is -2.15. The van der Waals surface area contributed by atoms with Gasteiger partial charge in [0.2, 0.25) is 0 Å². The van der Waals surface area contributed by atoms with E-state index in [-0.39, 0.29) is 0 Å². The molecule has 2 rings (SSSR count). The molecular weight excluding hydrogens is 326 g/mol. The molecule has 0 saturated carbocycles. The van der Waals surface area contributed by atoms with Crippen molar-refractivity contribution in [2.45, 2.75) is 6.92 Å². The minimum atomic E-state index is 0.406. The predicted molar refractivity (Wildman–Crippen MR) is 91.9 cm³/mol. The second kappa shape index (κ2) is 7.75. The van der Waals surface area contributed by atoms with Gasteiger partial charge in [0, 0.05) is 17.2 Å². The van der Waals surface area contributed by atoms with Crippen LogP contribution in [0.15, 0.2) is 53.0 Å². The van der Waals surface area contributed by atoms with Crippen LogP contribution in [0.25, 0.3) is 0 Å². The highest BCUT2D eigenvalue weighted by Gasteiger charge is 1.97. The van der Waals surface area contributed by atoms with Crippen molar-refractivity contribution in [2.75, 3.05) is 25.1 Å². The van der Waals surface area contributed by atoms with Crippen molar-refractivity contribution >= 4 is 21.6 Å². The van der Waals surface area contributed by atoms with E-state index in [2.05, 4.69) is 63.9 Å². The molecule has 108 valence electrons. The van der Waals surface area contributed by atoms with Gasteiger partial charge >= 0.3 is 0 Å². The molecule has 0 amide bonds. The standard InChI is InChI=1S/C18H18BrNO/c1-15-5-9-17(10-6-15)20(2)13-3-4-14-21-18-11-7-16(19)8-12-18/h5-12H,13-14H2,1-2H3. The first-order valence-electron chi connectivity index (χ1n) is 6.77. The summed E-state index contributed by atoms with van der Waals surface area (Å²) in [7, 11) is 2.04. The van der Waals surface area contributed by atoms with Gasteiger partial charge in [-0.3, -0.25) is 0 Å². The Morgan fingerprint density at radius 2 is 1.67 bits per heavy atom. The second-order valence-corrected chi connectivity index (χ2v) is 5.70. The van der Waals surface area contributed by atoms with Crippen LogP contribution < -0.4 is 9.64 Å². The van der Waals surface area contributed by atoms with Crippen molar-refractivity contribution in [1.82, 2.24) is 0 Å². The summed E-state index contributed by atoms with van der Waals surface area (Å²) < 4.78 is 6.59. The topological polar surface area (TPSA) is 12.5 Å². The maximum absolute atomic E-state index is 5.55. The average molecular weight is 344 g/mol. The summed E-state index contributed by atoms with van der Waals surface area (Å²) in [6.07, 6.45) is 0. The van der Waals surface area contributed by atoms with Crippen LogP contribution in [0.3, 0.4) is 0 Å². The molecule has 0 N–H and O–H groups in total. The number of halogens is 1. The SMILES string of the molecule is Cc1ccc(N(C)CC#CCOc2ccc(Br)cc2)cc1. The van der Waals surface area contributed by atoms with Crippen molar-refractivity contribution in [3.8, 4) is 17.6 Å². The summed E-state index contributed by atoms with van der Waals surface area (Å²) in [5.74, 6) is 6.99. The number of anilines is 1. The first-order chi connectivity index (χ1) is 10.1. The van der Waals surface area contributed by atoms with E-state index in [4.69, 9.17) is 4.74 Å². The summed E-state index contributed by atoms with van der Waals surface area (Å²) >= 11 is 3.39. The van der Waals surface area contributed by atoms with Gasteiger partial charge < -0.3 is 9.64 Å². The van der Waals surface area contributed by atoms with Crippen LogP contribution in [-0.2, 0) is 0 Å². The van der Waals surface area contributed by atoms with Crippen molar-refractivity contribution in [1.29, 1.82) is 0 Å². The van der Waals surface area contributed by atoms with E-state index in [1.54, 1.807) is 0 Å². The summed E-state index contributed by atoms with van der Waals surface area (Å²) in [5, 5.41) is 0. The lowest BCUT2D eigenvalue weighted by molar-refractivity contribution is 0.370. The zero-order chi connectivity index (χ0) is 15.1.